The first-order chi connectivity index (χ1) is 9.51. The van der Waals surface area contributed by atoms with Crippen LogP contribution in [0.4, 0.5) is 0 Å². The molecular formula is C16H18N2O2. The zero-order valence-corrected chi connectivity index (χ0v) is 11.7. The fourth-order valence-electron chi connectivity index (χ4n) is 1.96. The number of nitrogens with zero attached hydrogens (tertiary/aromatic N) is 1. The first-order valence-corrected chi connectivity index (χ1v) is 6.50. The zero-order chi connectivity index (χ0) is 14.6. The molecule has 104 valence electrons. The van der Waals surface area contributed by atoms with Gasteiger partial charge in [0.05, 0.1) is 11.6 Å². The molecular weight excluding hydrogens is 252 g/mol. The minimum Gasteiger partial charge on any atom is -0.463 e. The largest absolute Gasteiger partial charge is 0.463 e. The average molecular weight is 270 g/mol. The van der Waals surface area contributed by atoms with E-state index in [0.29, 0.717) is 24.4 Å². The smallest absolute Gasteiger partial charge is 0.136 e. The van der Waals surface area contributed by atoms with Gasteiger partial charge in [0, 0.05) is 13.1 Å². The third kappa shape index (κ3) is 3.47. The quantitative estimate of drug-likeness (QED) is 0.875. The molecule has 1 aromatic carbocycles. The van der Waals surface area contributed by atoms with Crippen LogP contribution in [0, 0.1) is 18.3 Å². The molecule has 1 aromatic heterocycles. The molecule has 2 N–H and O–H groups in total. The number of aryl methyl sites for hydroxylation is 1. The Balaban J connectivity index is 1.90. The summed E-state index contributed by atoms with van der Waals surface area (Å²) in [5.74, 6) is 1.34. The Morgan fingerprint density at radius 1 is 1.25 bits per heavy atom. The second-order valence-electron chi connectivity index (χ2n) is 5.10. The standard InChI is InChI=1S/C16H18N2O2/c1-12-3-8-15(20-12)16(2,19)11-18-10-14-6-4-13(9-17)5-7-14/h3-8,18-19H,10-11H2,1-2H3. The maximum absolute atomic E-state index is 10.4. The van der Waals surface area contributed by atoms with Crippen LogP contribution >= 0.6 is 0 Å². The van der Waals surface area contributed by atoms with E-state index < -0.39 is 5.60 Å². The summed E-state index contributed by atoms with van der Waals surface area (Å²) in [6.07, 6.45) is 0. The summed E-state index contributed by atoms with van der Waals surface area (Å²) < 4.78 is 5.46. The molecule has 20 heavy (non-hydrogen) atoms. The molecule has 1 heterocycles. The lowest BCUT2D eigenvalue weighted by Crippen LogP contribution is -2.34. The second kappa shape index (κ2) is 5.91. The number of nitrogens with one attached hydrogen (secondary N) is 1. The predicted octanol–water partition coefficient (Wildman–Crippen LogP) is 2.46. The van der Waals surface area contributed by atoms with Crippen molar-refractivity contribution in [3.8, 4) is 6.07 Å². The van der Waals surface area contributed by atoms with Gasteiger partial charge in [0.2, 0.25) is 0 Å². The van der Waals surface area contributed by atoms with Crippen LogP contribution in [0.3, 0.4) is 0 Å². The van der Waals surface area contributed by atoms with Gasteiger partial charge in [-0.1, -0.05) is 12.1 Å². The number of furan rings is 1. The van der Waals surface area contributed by atoms with Crippen LogP contribution in [0.25, 0.3) is 0 Å². The number of aliphatic hydroxyl groups is 1. The van der Waals surface area contributed by atoms with Crippen molar-refractivity contribution in [1.29, 1.82) is 5.26 Å². The highest BCUT2D eigenvalue weighted by molar-refractivity contribution is 5.31. The van der Waals surface area contributed by atoms with Gasteiger partial charge in [0.15, 0.2) is 0 Å². The van der Waals surface area contributed by atoms with Crippen molar-refractivity contribution in [2.45, 2.75) is 26.0 Å². The van der Waals surface area contributed by atoms with Gasteiger partial charge in [-0.2, -0.15) is 5.26 Å². The van der Waals surface area contributed by atoms with Gasteiger partial charge < -0.3 is 14.8 Å². The first-order valence-electron chi connectivity index (χ1n) is 6.50. The number of hydrogen-bond donors (Lipinski definition) is 2. The maximum atomic E-state index is 10.4. The third-order valence-corrected chi connectivity index (χ3v) is 3.15. The van der Waals surface area contributed by atoms with Crippen LogP contribution in [0.2, 0.25) is 0 Å². The van der Waals surface area contributed by atoms with Crippen molar-refractivity contribution >= 4 is 0 Å². The fraction of sp³-hybridized carbons (Fsp3) is 0.312. The Morgan fingerprint density at radius 2 is 1.95 bits per heavy atom. The lowest BCUT2D eigenvalue weighted by Gasteiger charge is -2.21. The van der Waals surface area contributed by atoms with E-state index in [0.717, 1.165) is 11.3 Å². The Hall–Kier alpha value is -2.09. The Labute approximate surface area is 118 Å². The predicted molar refractivity (Wildman–Crippen MR) is 75.9 cm³/mol. The van der Waals surface area contributed by atoms with Crippen LogP contribution in [-0.2, 0) is 12.1 Å². The lowest BCUT2D eigenvalue weighted by molar-refractivity contribution is 0.0333. The molecule has 2 rings (SSSR count). The monoisotopic (exact) mass is 270 g/mol. The molecule has 0 fully saturated rings. The molecule has 0 spiro atoms. The van der Waals surface area contributed by atoms with Crippen molar-refractivity contribution in [2.75, 3.05) is 6.54 Å². The van der Waals surface area contributed by atoms with Gasteiger partial charge in [-0.05, 0) is 43.7 Å². The van der Waals surface area contributed by atoms with Crippen LogP contribution in [0.5, 0.6) is 0 Å². The van der Waals surface area contributed by atoms with Gasteiger partial charge in [0.1, 0.15) is 17.1 Å². The van der Waals surface area contributed by atoms with E-state index in [9.17, 15) is 5.11 Å². The highest BCUT2D eigenvalue weighted by Gasteiger charge is 2.26. The molecule has 1 unspecified atom stereocenters. The highest BCUT2D eigenvalue weighted by Crippen LogP contribution is 2.22. The van der Waals surface area contributed by atoms with E-state index in [-0.39, 0.29) is 0 Å². The molecule has 4 nitrogen and oxygen atoms in total. The van der Waals surface area contributed by atoms with Crippen LogP contribution in [0.15, 0.2) is 40.8 Å². The Bertz CT molecular complexity index is 606. The van der Waals surface area contributed by atoms with Gasteiger partial charge in [-0.15, -0.1) is 0 Å². The molecule has 0 amide bonds. The summed E-state index contributed by atoms with van der Waals surface area (Å²) in [6.45, 7) is 4.59. The second-order valence-corrected chi connectivity index (χ2v) is 5.10. The third-order valence-electron chi connectivity index (χ3n) is 3.15. The summed E-state index contributed by atoms with van der Waals surface area (Å²) in [5, 5.41) is 22.3. The maximum Gasteiger partial charge on any atom is 0.136 e. The summed E-state index contributed by atoms with van der Waals surface area (Å²) in [7, 11) is 0. The molecule has 0 bridgehead atoms. The van der Waals surface area contributed by atoms with Crippen molar-refractivity contribution in [1.82, 2.24) is 5.32 Å². The summed E-state index contributed by atoms with van der Waals surface area (Å²) in [5.41, 5.74) is 0.670. The topological polar surface area (TPSA) is 69.2 Å². The van der Waals surface area contributed by atoms with Gasteiger partial charge in [0.25, 0.3) is 0 Å². The molecule has 0 radical (unpaired) electrons. The van der Waals surface area contributed by atoms with E-state index in [1.165, 1.54) is 0 Å². The van der Waals surface area contributed by atoms with Crippen molar-refractivity contribution < 1.29 is 9.52 Å². The minimum absolute atomic E-state index is 0.389. The summed E-state index contributed by atoms with van der Waals surface area (Å²) >= 11 is 0. The van der Waals surface area contributed by atoms with E-state index >= 15 is 0 Å². The average Bonchev–Trinajstić information content (AvgIpc) is 2.87. The highest BCUT2D eigenvalue weighted by atomic mass is 16.4. The van der Waals surface area contributed by atoms with Crippen LogP contribution in [-0.4, -0.2) is 11.7 Å². The van der Waals surface area contributed by atoms with Crippen molar-refractivity contribution in [2.24, 2.45) is 0 Å². The number of rotatable bonds is 5. The zero-order valence-electron chi connectivity index (χ0n) is 11.7. The molecule has 0 saturated carbocycles. The minimum atomic E-state index is -1.04. The van der Waals surface area contributed by atoms with Crippen molar-refractivity contribution in [3.05, 3.63) is 59.0 Å². The Morgan fingerprint density at radius 3 is 2.50 bits per heavy atom. The molecule has 4 heteroatoms. The van der Waals surface area contributed by atoms with E-state index in [4.69, 9.17) is 9.68 Å². The summed E-state index contributed by atoms with van der Waals surface area (Å²) in [6, 6.07) is 13.1. The number of nitriles is 1. The molecule has 0 aliphatic heterocycles. The van der Waals surface area contributed by atoms with Gasteiger partial charge >= 0.3 is 0 Å². The fourth-order valence-corrected chi connectivity index (χ4v) is 1.96. The van der Waals surface area contributed by atoms with Crippen LogP contribution < -0.4 is 5.32 Å². The molecule has 1 atom stereocenters. The van der Waals surface area contributed by atoms with Gasteiger partial charge in [-0.25, -0.2) is 0 Å². The molecule has 0 aliphatic rings. The van der Waals surface area contributed by atoms with Crippen LogP contribution in [0.1, 0.15) is 29.6 Å². The number of hydrogen-bond acceptors (Lipinski definition) is 4. The van der Waals surface area contributed by atoms with E-state index in [1.54, 1.807) is 25.1 Å². The lowest BCUT2D eigenvalue weighted by atomic mass is 10.0. The normalized spacial score (nSPS) is 13.7. The summed E-state index contributed by atoms with van der Waals surface area (Å²) in [4.78, 5) is 0. The molecule has 0 aliphatic carbocycles. The van der Waals surface area contributed by atoms with E-state index in [1.807, 2.05) is 25.1 Å². The van der Waals surface area contributed by atoms with E-state index in [2.05, 4.69) is 11.4 Å². The Kier molecular flexibility index (Phi) is 4.23. The SMILES string of the molecule is Cc1ccc(C(C)(O)CNCc2ccc(C#N)cc2)o1. The molecule has 0 saturated heterocycles. The first kappa shape index (κ1) is 14.3. The number of benzene rings is 1. The molecule has 2 aromatic rings. The van der Waals surface area contributed by atoms with Crippen molar-refractivity contribution in [3.63, 3.8) is 0 Å². The van der Waals surface area contributed by atoms with Gasteiger partial charge in [-0.3, -0.25) is 0 Å².